The Hall–Kier alpha value is -0.810. The van der Waals surface area contributed by atoms with Gasteiger partial charge in [0.15, 0.2) is 0 Å². The molecule has 0 aliphatic heterocycles. The molecular weight excluding hydrogens is 279 g/mol. The van der Waals surface area contributed by atoms with Crippen LogP contribution in [-0.2, 0) is 0 Å². The maximum absolute atomic E-state index is 5.88. The normalized spacial score (nSPS) is 12.4. The van der Waals surface area contributed by atoms with Crippen LogP contribution in [0, 0.1) is 0 Å². The molecule has 0 saturated heterocycles. The molecule has 3 nitrogen and oxygen atoms in total. The Balaban J connectivity index is 2.15. The van der Waals surface area contributed by atoms with E-state index in [1.54, 1.807) is 18.5 Å². The van der Waals surface area contributed by atoms with Gasteiger partial charge in [-0.3, -0.25) is 4.98 Å². The number of hydrogen-bond donors (Lipinski definition) is 1. The van der Waals surface area contributed by atoms with Crippen LogP contribution >= 0.6 is 34.5 Å². The number of nitrogens with zero attached hydrogens (tertiary/aromatic N) is 1. The lowest BCUT2D eigenvalue weighted by Gasteiger charge is -2.15. The molecule has 6 heteroatoms. The molecule has 0 bridgehead atoms. The fourth-order valence-electron chi connectivity index (χ4n) is 1.34. The van der Waals surface area contributed by atoms with Crippen molar-refractivity contribution in [1.82, 2.24) is 4.98 Å². The summed E-state index contributed by atoms with van der Waals surface area (Å²) in [5.74, 6) is 0.595. The van der Waals surface area contributed by atoms with Crippen LogP contribution in [-0.4, -0.2) is 11.5 Å². The summed E-state index contributed by atoms with van der Waals surface area (Å²) >= 11 is 13.2. The highest BCUT2D eigenvalue weighted by molar-refractivity contribution is 7.16. The lowest BCUT2D eigenvalue weighted by Crippen LogP contribution is -2.17. The molecule has 0 radical (unpaired) electrons. The molecule has 0 aliphatic rings. The van der Waals surface area contributed by atoms with E-state index in [9.17, 15) is 0 Å². The van der Waals surface area contributed by atoms with Crippen LogP contribution in [0.3, 0.4) is 0 Å². The molecule has 0 aromatic carbocycles. The van der Waals surface area contributed by atoms with Gasteiger partial charge < -0.3 is 10.5 Å². The van der Waals surface area contributed by atoms with E-state index in [0.29, 0.717) is 21.7 Å². The number of halogens is 2. The highest BCUT2D eigenvalue weighted by Gasteiger charge is 2.14. The number of aromatic nitrogens is 1. The van der Waals surface area contributed by atoms with E-state index in [2.05, 4.69) is 4.98 Å². The molecule has 0 saturated carbocycles. The van der Waals surface area contributed by atoms with E-state index in [-0.39, 0.29) is 6.10 Å². The Morgan fingerprint density at radius 3 is 2.76 bits per heavy atom. The summed E-state index contributed by atoms with van der Waals surface area (Å²) in [6.45, 7) is 0.364. The largest absolute Gasteiger partial charge is 0.482 e. The molecule has 2 N–H and O–H groups in total. The number of pyridine rings is 1. The lowest BCUT2D eigenvalue weighted by atomic mass is 10.3. The quantitative estimate of drug-likeness (QED) is 0.936. The average molecular weight is 289 g/mol. The minimum Gasteiger partial charge on any atom is -0.482 e. The van der Waals surface area contributed by atoms with Gasteiger partial charge in [0.1, 0.15) is 11.9 Å². The minimum absolute atomic E-state index is 0.229. The summed E-state index contributed by atoms with van der Waals surface area (Å²) < 4.78 is 6.44. The van der Waals surface area contributed by atoms with Crippen molar-refractivity contribution < 1.29 is 4.74 Å². The Kier molecular flexibility index (Phi) is 4.23. The van der Waals surface area contributed by atoms with E-state index in [1.807, 2.05) is 12.1 Å². The van der Waals surface area contributed by atoms with Crippen molar-refractivity contribution in [1.29, 1.82) is 0 Å². The summed E-state index contributed by atoms with van der Waals surface area (Å²) in [5.41, 5.74) is 5.69. The van der Waals surface area contributed by atoms with Crippen LogP contribution in [0.25, 0.3) is 0 Å². The summed E-state index contributed by atoms with van der Waals surface area (Å²) in [5, 5.41) is 0.530. The van der Waals surface area contributed by atoms with Gasteiger partial charge in [0.25, 0.3) is 0 Å². The molecule has 2 rings (SSSR count). The first-order valence-electron chi connectivity index (χ1n) is 4.91. The van der Waals surface area contributed by atoms with Gasteiger partial charge >= 0.3 is 0 Å². The van der Waals surface area contributed by atoms with Crippen LogP contribution in [0.4, 0.5) is 0 Å². The third kappa shape index (κ3) is 3.33. The third-order valence-electron chi connectivity index (χ3n) is 2.08. The van der Waals surface area contributed by atoms with E-state index in [4.69, 9.17) is 33.7 Å². The SMILES string of the molecule is NCC(Oc1cncc(Cl)c1)c1ccc(Cl)s1. The molecule has 0 fully saturated rings. The van der Waals surface area contributed by atoms with Gasteiger partial charge in [0.05, 0.1) is 15.6 Å². The van der Waals surface area contributed by atoms with E-state index >= 15 is 0 Å². The Bertz CT molecular complexity index is 504. The van der Waals surface area contributed by atoms with Gasteiger partial charge in [-0.2, -0.15) is 0 Å². The molecule has 2 heterocycles. The second-order valence-corrected chi connectivity index (χ2v) is 5.51. The van der Waals surface area contributed by atoms with E-state index in [0.717, 1.165) is 4.88 Å². The fraction of sp³-hybridized carbons (Fsp3) is 0.182. The van der Waals surface area contributed by atoms with Gasteiger partial charge in [-0.15, -0.1) is 11.3 Å². The van der Waals surface area contributed by atoms with Gasteiger partial charge in [-0.05, 0) is 12.1 Å². The molecule has 1 atom stereocenters. The zero-order chi connectivity index (χ0) is 12.3. The van der Waals surface area contributed by atoms with E-state index < -0.39 is 0 Å². The first kappa shape index (κ1) is 12.6. The second kappa shape index (κ2) is 5.69. The smallest absolute Gasteiger partial charge is 0.145 e. The van der Waals surface area contributed by atoms with Crippen molar-refractivity contribution in [3.05, 3.63) is 44.8 Å². The number of nitrogens with two attached hydrogens (primary N) is 1. The van der Waals surface area contributed by atoms with Crippen molar-refractivity contribution in [3.63, 3.8) is 0 Å². The summed E-state index contributed by atoms with van der Waals surface area (Å²) in [7, 11) is 0. The second-order valence-electron chi connectivity index (χ2n) is 3.32. The molecule has 0 aliphatic carbocycles. The van der Waals surface area contributed by atoms with Crippen LogP contribution in [0.2, 0.25) is 9.36 Å². The van der Waals surface area contributed by atoms with Gasteiger partial charge in [-0.25, -0.2) is 0 Å². The lowest BCUT2D eigenvalue weighted by molar-refractivity contribution is 0.217. The molecule has 17 heavy (non-hydrogen) atoms. The average Bonchev–Trinajstić information content (AvgIpc) is 2.73. The molecule has 2 aromatic heterocycles. The molecule has 90 valence electrons. The summed E-state index contributed by atoms with van der Waals surface area (Å²) in [4.78, 5) is 4.93. The standard InChI is InChI=1S/C11H10Cl2N2OS/c12-7-3-8(6-15-5-7)16-9(4-14)10-1-2-11(13)17-10/h1-3,5-6,9H,4,14H2. The maximum atomic E-state index is 5.88. The van der Waals surface area contributed by atoms with Crippen molar-refractivity contribution in [2.75, 3.05) is 6.54 Å². The minimum atomic E-state index is -0.229. The first-order chi connectivity index (χ1) is 8.19. The molecule has 2 aromatic rings. The van der Waals surface area contributed by atoms with Crippen LogP contribution in [0.15, 0.2) is 30.6 Å². The number of rotatable bonds is 4. The Morgan fingerprint density at radius 1 is 1.35 bits per heavy atom. The molecule has 0 spiro atoms. The molecule has 0 amide bonds. The zero-order valence-electron chi connectivity index (χ0n) is 8.77. The number of hydrogen-bond acceptors (Lipinski definition) is 4. The predicted molar refractivity (Wildman–Crippen MR) is 71.0 cm³/mol. The Morgan fingerprint density at radius 2 is 2.18 bits per heavy atom. The highest BCUT2D eigenvalue weighted by Crippen LogP contribution is 2.30. The molecule has 1 unspecified atom stereocenters. The Labute approximate surface area is 113 Å². The summed E-state index contributed by atoms with van der Waals surface area (Å²) in [6.07, 6.45) is 2.92. The fourth-order valence-corrected chi connectivity index (χ4v) is 2.61. The summed E-state index contributed by atoms with van der Waals surface area (Å²) in [6, 6.07) is 5.43. The number of thiophene rings is 1. The van der Waals surface area contributed by atoms with Crippen molar-refractivity contribution in [3.8, 4) is 5.75 Å². The van der Waals surface area contributed by atoms with Crippen LogP contribution in [0.5, 0.6) is 5.75 Å². The topological polar surface area (TPSA) is 48.1 Å². The predicted octanol–water partition coefficient (Wildman–Crippen LogP) is 3.53. The number of ether oxygens (including phenoxy) is 1. The van der Waals surface area contributed by atoms with Crippen molar-refractivity contribution in [2.24, 2.45) is 5.73 Å². The third-order valence-corrected chi connectivity index (χ3v) is 3.61. The monoisotopic (exact) mass is 288 g/mol. The maximum Gasteiger partial charge on any atom is 0.145 e. The first-order valence-corrected chi connectivity index (χ1v) is 6.49. The van der Waals surface area contributed by atoms with Crippen LogP contribution in [0.1, 0.15) is 11.0 Å². The van der Waals surface area contributed by atoms with Gasteiger partial charge in [-0.1, -0.05) is 23.2 Å². The van der Waals surface area contributed by atoms with Crippen molar-refractivity contribution >= 4 is 34.5 Å². The molecular formula is C11H10Cl2N2OS. The van der Waals surface area contributed by atoms with Crippen LogP contribution < -0.4 is 10.5 Å². The van der Waals surface area contributed by atoms with Crippen molar-refractivity contribution in [2.45, 2.75) is 6.10 Å². The zero-order valence-corrected chi connectivity index (χ0v) is 11.1. The van der Waals surface area contributed by atoms with E-state index in [1.165, 1.54) is 11.3 Å². The van der Waals surface area contributed by atoms with Gasteiger partial charge in [0.2, 0.25) is 0 Å². The highest BCUT2D eigenvalue weighted by atomic mass is 35.5. The van der Waals surface area contributed by atoms with Gasteiger partial charge in [0, 0.05) is 23.7 Å².